The number of nitrogens with zero attached hydrogens (tertiary/aromatic N) is 2. The molecule has 1 aromatic heterocycles. The molecule has 2 aromatic carbocycles. The van der Waals surface area contributed by atoms with Gasteiger partial charge in [-0.15, -0.1) is 0 Å². The molecule has 0 aliphatic heterocycles. The molecule has 0 aliphatic rings. The molecule has 0 fully saturated rings. The first-order valence-electron chi connectivity index (χ1n) is 5.33. The minimum Gasteiger partial charge on any atom is -0.399 e. The maximum absolute atomic E-state index is 13.1. The number of rotatable bonds is 1. The van der Waals surface area contributed by atoms with Gasteiger partial charge in [-0.3, -0.25) is 4.57 Å². The van der Waals surface area contributed by atoms with Crippen LogP contribution < -0.4 is 5.73 Å². The number of fused-ring (bicyclic) bond motifs is 1. The van der Waals surface area contributed by atoms with Gasteiger partial charge in [-0.2, -0.15) is 0 Å². The number of anilines is 1. The first-order chi connectivity index (χ1) is 8.65. The first-order valence-corrected chi connectivity index (χ1v) is 5.71. The summed E-state index contributed by atoms with van der Waals surface area (Å²) >= 11 is 5.78. The molecule has 0 saturated heterocycles. The fourth-order valence-corrected chi connectivity index (χ4v) is 2.05. The van der Waals surface area contributed by atoms with Crippen molar-refractivity contribution in [1.29, 1.82) is 0 Å². The highest BCUT2D eigenvalue weighted by Crippen LogP contribution is 2.23. The van der Waals surface area contributed by atoms with E-state index in [1.54, 1.807) is 30.6 Å². The fourth-order valence-electron chi connectivity index (χ4n) is 1.87. The quantitative estimate of drug-likeness (QED) is 0.682. The van der Waals surface area contributed by atoms with Crippen molar-refractivity contribution >= 4 is 28.3 Å². The van der Waals surface area contributed by atoms with Crippen molar-refractivity contribution in [1.82, 2.24) is 9.55 Å². The lowest BCUT2D eigenvalue weighted by atomic mass is 10.2. The Morgan fingerprint density at radius 3 is 2.78 bits per heavy atom. The van der Waals surface area contributed by atoms with Crippen LogP contribution in [0, 0.1) is 5.82 Å². The zero-order valence-electron chi connectivity index (χ0n) is 9.27. The maximum atomic E-state index is 13.1. The minimum absolute atomic E-state index is 0.0878. The van der Waals surface area contributed by atoms with E-state index in [4.69, 9.17) is 17.3 Å². The van der Waals surface area contributed by atoms with E-state index in [0.29, 0.717) is 5.69 Å². The zero-order valence-corrected chi connectivity index (χ0v) is 10.0. The molecule has 0 bridgehead atoms. The molecule has 3 rings (SSSR count). The highest BCUT2D eigenvalue weighted by atomic mass is 35.5. The van der Waals surface area contributed by atoms with E-state index >= 15 is 0 Å². The van der Waals surface area contributed by atoms with Crippen molar-refractivity contribution in [2.45, 2.75) is 0 Å². The van der Waals surface area contributed by atoms with Crippen LogP contribution in [0.15, 0.2) is 42.7 Å². The normalized spacial score (nSPS) is 11.0. The summed E-state index contributed by atoms with van der Waals surface area (Å²) in [5, 5.41) is 0.0878. The van der Waals surface area contributed by atoms with Crippen LogP contribution in [-0.4, -0.2) is 9.55 Å². The largest absolute Gasteiger partial charge is 0.399 e. The molecule has 3 aromatic rings. The Bertz CT molecular complexity index is 736. The van der Waals surface area contributed by atoms with Crippen molar-refractivity contribution in [2.75, 3.05) is 5.73 Å². The molecule has 0 unspecified atom stereocenters. The van der Waals surface area contributed by atoms with Crippen molar-refractivity contribution in [2.24, 2.45) is 0 Å². The number of halogens is 2. The van der Waals surface area contributed by atoms with Gasteiger partial charge in [0.1, 0.15) is 12.1 Å². The van der Waals surface area contributed by atoms with Crippen LogP contribution in [0.25, 0.3) is 16.7 Å². The van der Waals surface area contributed by atoms with Crippen LogP contribution in [0.3, 0.4) is 0 Å². The lowest BCUT2D eigenvalue weighted by Crippen LogP contribution is -1.93. The van der Waals surface area contributed by atoms with E-state index in [9.17, 15) is 4.39 Å². The first kappa shape index (κ1) is 11.0. The molecule has 0 aliphatic carbocycles. The zero-order chi connectivity index (χ0) is 12.7. The molecule has 0 saturated carbocycles. The molecule has 0 atom stereocenters. The van der Waals surface area contributed by atoms with Crippen molar-refractivity contribution < 1.29 is 4.39 Å². The summed E-state index contributed by atoms with van der Waals surface area (Å²) in [5.41, 5.74) is 8.79. The summed E-state index contributed by atoms with van der Waals surface area (Å²) in [5.74, 6) is -0.436. The topological polar surface area (TPSA) is 43.8 Å². The molecule has 0 amide bonds. The summed E-state index contributed by atoms with van der Waals surface area (Å²) in [4.78, 5) is 4.25. The van der Waals surface area contributed by atoms with Gasteiger partial charge < -0.3 is 5.73 Å². The van der Waals surface area contributed by atoms with Crippen LogP contribution in [0.4, 0.5) is 10.1 Å². The van der Waals surface area contributed by atoms with Crippen molar-refractivity contribution in [3.8, 4) is 5.69 Å². The number of benzene rings is 2. The third-order valence-corrected chi connectivity index (χ3v) is 3.04. The molecule has 3 nitrogen and oxygen atoms in total. The number of imidazole rings is 1. The molecule has 2 N–H and O–H groups in total. The summed E-state index contributed by atoms with van der Waals surface area (Å²) in [6, 6.07) is 10.0. The summed E-state index contributed by atoms with van der Waals surface area (Å²) in [6.45, 7) is 0. The van der Waals surface area contributed by atoms with Gasteiger partial charge in [-0.25, -0.2) is 9.37 Å². The Hall–Kier alpha value is -2.07. The summed E-state index contributed by atoms with van der Waals surface area (Å²) < 4.78 is 15.0. The Labute approximate surface area is 108 Å². The van der Waals surface area contributed by atoms with E-state index in [1.165, 1.54) is 6.07 Å². The standard InChI is InChI=1S/C13H9ClFN3/c14-10-6-9(2-3-11(10)15)18-7-17-12-5-8(16)1-4-13(12)18/h1-7H,16H2. The van der Waals surface area contributed by atoms with Gasteiger partial charge in [0, 0.05) is 11.4 Å². The van der Waals surface area contributed by atoms with E-state index < -0.39 is 5.82 Å². The average Bonchev–Trinajstić information content (AvgIpc) is 2.75. The van der Waals surface area contributed by atoms with Crippen LogP contribution in [0.5, 0.6) is 0 Å². The van der Waals surface area contributed by atoms with Crippen LogP contribution in [0.1, 0.15) is 0 Å². The molecular weight excluding hydrogens is 253 g/mol. The van der Waals surface area contributed by atoms with Crippen LogP contribution >= 0.6 is 11.6 Å². The molecule has 1 heterocycles. The Kier molecular flexibility index (Phi) is 2.45. The lowest BCUT2D eigenvalue weighted by molar-refractivity contribution is 0.628. The monoisotopic (exact) mass is 261 g/mol. The molecule has 18 heavy (non-hydrogen) atoms. The van der Waals surface area contributed by atoms with Gasteiger partial charge in [0.2, 0.25) is 0 Å². The van der Waals surface area contributed by atoms with Gasteiger partial charge in [-0.05, 0) is 36.4 Å². The van der Waals surface area contributed by atoms with E-state index in [-0.39, 0.29) is 5.02 Å². The lowest BCUT2D eigenvalue weighted by Gasteiger charge is -2.05. The van der Waals surface area contributed by atoms with E-state index in [0.717, 1.165) is 16.7 Å². The van der Waals surface area contributed by atoms with Crippen LogP contribution in [0.2, 0.25) is 5.02 Å². The number of hydrogen-bond donors (Lipinski definition) is 1. The summed E-state index contributed by atoms with van der Waals surface area (Å²) in [7, 11) is 0. The second-order valence-electron chi connectivity index (χ2n) is 3.96. The van der Waals surface area contributed by atoms with Gasteiger partial charge in [0.15, 0.2) is 0 Å². The predicted molar refractivity (Wildman–Crippen MR) is 70.5 cm³/mol. The highest BCUT2D eigenvalue weighted by molar-refractivity contribution is 6.30. The molecule has 5 heteroatoms. The van der Waals surface area contributed by atoms with Gasteiger partial charge in [0.05, 0.1) is 16.1 Å². The smallest absolute Gasteiger partial charge is 0.141 e. The highest BCUT2D eigenvalue weighted by Gasteiger charge is 2.07. The second-order valence-corrected chi connectivity index (χ2v) is 4.37. The Morgan fingerprint density at radius 2 is 2.00 bits per heavy atom. The predicted octanol–water partition coefficient (Wildman–Crippen LogP) is 3.40. The minimum atomic E-state index is -0.436. The van der Waals surface area contributed by atoms with Gasteiger partial charge in [0.25, 0.3) is 0 Å². The molecule has 0 spiro atoms. The number of nitrogens with two attached hydrogens (primary N) is 1. The number of hydrogen-bond acceptors (Lipinski definition) is 2. The molecule has 0 radical (unpaired) electrons. The number of aromatic nitrogens is 2. The third kappa shape index (κ3) is 1.71. The summed E-state index contributed by atoms with van der Waals surface area (Å²) in [6.07, 6.45) is 1.66. The Balaban J connectivity index is 2.22. The Morgan fingerprint density at radius 1 is 1.17 bits per heavy atom. The van der Waals surface area contributed by atoms with E-state index in [1.807, 2.05) is 10.6 Å². The molecular formula is C13H9ClFN3. The van der Waals surface area contributed by atoms with Crippen molar-refractivity contribution in [3.63, 3.8) is 0 Å². The fraction of sp³-hybridized carbons (Fsp3) is 0. The molecule has 90 valence electrons. The van der Waals surface area contributed by atoms with Crippen LogP contribution in [-0.2, 0) is 0 Å². The second kappa shape index (κ2) is 3.99. The maximum Gasteiger partial charge on any atom is 0.141 e. The SMILES string of the molecule is Nc1ccc2c(c1)ncn2-c1ccc(F)c(Cl)c1. The number of nitrogen functional groups attached to an aromatic ring is 1. The van der Waals surface area contributed by atoms with Gasteiger partial charge in [-0.1, -0.05) is 11.6 Å². The third-order valence-electron chi connectivity index (χ3n) is 2.75. The van der Waals surface area contributed by atoms with Gasteiger partial charge >= 0.3 is 0 Å². The van der Waals surface area contributed by atoms with E-state index in [2.05, 4.69) is 4.98 Å². The van der Waals surface area contributed by atoms with Crippen molar-refractivity contribution in [3.05, 3.63) is 53.6 Å². The average molecular weight is 262 g/mol.